The molecule has 0 heterocycles. The van der Waals surface area contributed by atoms with Gasteiger partial charge in [0, 0.05) is 38.0 Å². The summed E-state index contributed by atoms with van der Waals surface area (Å²) in [6.45, 7) is 1.42. The van der Waals surface area contributed by atoms with E-state index in [1.165, 1.54) is 6.92 Å². The van der Waals surface area contributed by atoms with Gasteiger partial charge in [-0.15, -0.1) is 0 Å². The Bertz CT molecular complexity index is 915. The summed E-state index contributed by atoms with van der Waals surface area (Å²) >= 11 is 9.74. The van der Waals surface area contributed by atoms with Crippen LogP contribution in [0.3, 0.4) is 0 Å². The van der Waals surface area contributed by atoms with E-state index in [-0.39, 0.29) is 5.97 Å². The molecule has 0 unspecified atom stereocenters. The molecule has 5 heteroatoms. The first-order valence-corrected chi connectivity index (χ1v) is 11.2. The van der Waals surface area contributed by atoms with Crippen molar-refractivity contribution in [2.45, 2.75) is 29.2 Å². The van der Waals surface area contributed by atoms with Crippen molar-refractivity contribution in [3.8, 4) is 0 Å². The topological polar surface area (TPSA) is 26.3 Å². The lowest BCUT2D eigenvalue weighted by Gasteiger charge is -2.18. The van der Waals surface area contributed by atoms with Gasteiger partial charge in [0.15, 0.2) is 0 Å². The molecule has 0 bridgehead atoms. The smallest absolute Gasteiger partial charge is 0.303 e. The average Bonchev–Trinajstić information content (AvgIpc) is 2.73. The number of thioether (sulfide) groups is 2. The minimum Gasteiger partial charge on any atom is -0.457 e. The van der Waals surface area contributed by atoms with E-state index >= 15 is 0 Å². The number of rotatable bonds is 8. The van der Waals surface area contributed by atoms with Crippen LogP contribution in [0, 0.1) is 0 Å². The van der Waals surface area contributed by atoms with Crippen molar-refractivity contribution in [2.24, 2.45) is 0 Å². The highest BCUT2D eigenvalue weighted by molar-refractivity contribution is 8.22. The second-order valence-electron chi connectivity index (χ2n) is 6.21. The summed E-state index contributed by atoms with van der Waals surface area (Å²) in [6.07, 6.45) is 2.23. The Kier molecular flexibility index (Phi) is 8.29. The summed E-state index contributed by atoms with van der Waals surface area (Å²) in [4.78, 5) is 14.0. The first-order valence-electron chi connectivity index (χ1n) is 9.19. The van der Waals surface area contributed by atoms with Crippen molar-refractivity contribution < 1.29 is 9.53 Å². The first kappa shape index (κ1) is 21.6. The number of carbonyl (C=O) groups excluding carboxylic acids is 1. The number of benzene rings is 3. The number of ether oxygens (including phenoxy) is 1. The Balaban J connectivity index is 1.85. The largest absolute Gasteiger partial charge is 0.457 e. The highest BCUT2D eigenvalue weighted by Crippen LogP contribution is 2.40. The van der Waals surface area contributed by atoms with Crippen LogP contribution >= 0.6 is 35.1 Å². The molecule has 0 saturated carbocycles. The van der Waals surface area contributed by atoms with E-state index in [0.29, 0.717) is 11.4 Å². The first-order chi connectivity index (χ1) is 14.1. The highest BCUT2D eigenvalue weighted by atomic mass is 35.5. The zero-order valence-corrected chi connectivity index (χ0v) is 18.3. The fourth-order valence-electron chi connectivity index (χ4n) is 2.69. The van der Waals surface area contributed by atoms with Gasteiger partial charge in [-0.25, -0.2) is 0 Å². The van der Waals surface area contributed by atoms with Crippen molar-refractivity contribution in [3.63, 3.8) is 0 Å². The summed E-state index contributed by atoms with van der Waals surface area (Å²) in [5.41, 5.74) is 0.814. The molecule has 0 N–H and O–H groups in total. The Morgan fingerprint density at radius 3 is 1.93 bits per heavy atom. The van der Waals surface area contributed by atoms with Crippen molar-refractivity contribution in [3.05, 3.63) is 106 Å². The van der Waals surface area contributed by atoms with Gasteiger partial charge in [0.1, 0.15) is 6.10 Å². The molecule has 0 saturated heterocycles. The number of esters is 1. The molecular weight excluding hydrogens is 420 g/mol. The second-order valence-corrected chi connectivity index (χ2v) is 9.11. The molecule has 3 aromatic carbocycles. The van der Waals surface area contributed by atoms with E-state index in [9.17, 15) is 4.79 Å². The minimum atomic E-state index is -0.427. The Hall–Kier alpha value is -2.14. The van der Waals surface area contributed by atoms with Gasteiger partial charge in [0.2, 0.25) is 0 Å². The van der Waals surface area contributed by atoms with Gasteiger partial charge in [-0.2, -0.15) is 0 Å². The number of carbonyl (C=O) groups is 1. The standard InChI is InChI=1S/C24H21ClO2S2/c1-18(26)27-23(21-14-8-9-15-22(21)25)16-17-24(28-19-10-4-2-5-11-19)29-20-12-6-3-7-13-20/h2-15,17,23H,16H2,1H3/t23-/m0/s1. The molecule has 3 rings (SSSR count). The maximum atomic E-state index is 11.7. The lowest BCUT2D eigenvalue weighted by Crippen LogP contribution is -2.08. The van der Waals surface area contributed by atoms with E-state index in [2.05, 4.69) is 30.3 Å². The monoisotopic (exact) mass is 440 g/mol. The van der Waals surface area contributed by atoms with E-state index < -0.39 is 6.10 Å². The summed E-state index contributed by atoms with van der Waals surface area (Å²) in [5, 5.41) is 0.597. The van der Waals surface area contributed by atoms with Crippen LogP contribution in [0.25, 0.3) is 0 Å². The maximum absolute atomic E-state index is 11.7. The van der Waals surface area contributed by atoms with Gasteiger partial charge in [0.05, 0.1) is 0 Å². The van der Waals surface area contributed by atoms with Crippen molar-refractivity contribution >= 4 is 41.1 Å². The maximum Gasteiger partial charge on any atom is 0.303 e. The SMILES string of the molecule is CC(=O)O[C@@H](CC=C(Sc1ccccc1)Sc1ccccc1)c1ccccc1Cl. The lowest BCUT2D eigenvalue weighted by molar-refractivity contribution is -0.146. The van der Waals surface area contributed by atoms with Crippen LogP contribution < -0.4 is 0 Å². The van der Waals surface area contributed by atoms with E-state index in [4.69, 9.17) is 16.3 Å². The van der Waals surface area contributed by atoms with Crippen LogP contribution in [0.4, 0.5) is 0 Å². The third-order valence-electron chi connectivity index (χ3n) is 3.98. The van der Waals surface area contributed by atoms with E-state index in [0.717, 1.165) is 19.6 Å². The molecule has 0 aliphatic rings. The van der Waals surface area contributed by atoms with Crippen LogP contribution in [0.1, 0.15) is 25.0 Å². The van der Waals surface area contributed by atoms with Crippen LogP contribution in [-0.4, -0.2) is 5.97 Å². The molecule has 0 aliphatic heterocycles. The van der Waals surface area contributed by atoms with Gasteiger partial charge >= 0.3 is 5.97 Å². The van der Waals surface area contributed by atoms with Gasteiger partial charge in [-0.05, 0) is 30.3 Å². The molecule has 0 amide bonds. The quantitative estimate of drug-likeness (QED) is 0.264. The molecule has 29 heavy (non-hydrogen) atoms. The molecule has 3 aromatic rings. The van der Waals surface area contributed by atoms with E-state index in [1.54, 1.807) is 23.5 Å². The third-order valence-corrected chi connectivity index (χ3v) is 6.58. The number of hydrogen-bond acceptors (Lipinski definition) is 4. The Labute approximate surface area is 185 Å². The molecule has 0 aliphatic carbocycles. The predicted molar refractivity (Wildman–Crippen MR) is 123 cm³/mol. The van der Waals surface area contributed by atoms with Crippen LogP contribution in [0.15, 0.2) is 105 Å². The van der Waals surface area contributed by atoms with Crippen molar-refractivity contribution in [2.75, 3.05) is 0 Å². The molecule has 0 radical (unpaired) electrons. The number of hydrogen-bond donors (Lipinski definition) is 0. The van der Waals surface area contributed by atoms with Gasteiger partial charge in [0.25, 0.3) is 0 Å². The molecule has 1 atom stereocenters. The molecule has 148 valence electrons. The molecular formula is C24H21ClO2S2. The van der Waals surface area contributed by atoms with Crippen LogP contribution in [0.2, 0.25) is 5.02 Å². The van der Waals surface area contributed by atoms with Crippen LogP contribution in [0.5, 0.6) is 0 Å². The zero-order chi connectivity index (χ0) is 20.5. The van der Waals surface area contributed by atoms with E-state index in [1.807, 2.05) is 60.7 Å². The lowest BCUT2D eigenvalue weighted by atomic mass is 10.1. The summed E-state index contributed by atoms with van der Waals surface area (Å²) in [6, 6.07) is 27.9. The third kappa shape index (κ3) is 7.00. The highest BCUT2D eigenvalue weighted by Gasteiger charge is 2.17. The predicted octanol–water partition coefficient (Wildman–Crippen LogP) is 7.76. The van der Waals surface area contributed by atoms with Crippen LogP contribution in [-0.2, 0) is 9.53 Å². The fraction of sp³-hybridized carbons (Fsp3) is 0.125. The van der Waals surface area contributed by atoms with Gasteiger partial charge in [-0.1, -0.05) is 95.8 Å². The average molecular weight is 441 g/mol. The van der Waals surface area contributed by atoms with Crippen molar-refractivity contribution in [1.29, 1.82) is 0 Å². The normalized spacial score (nSPS) is 11.5. The second kappa shape index (κ2) is 11.1. The van der Waals surface area contributed by atoms with Gasteiger partial charge in [-0.3, -0.25) is 4.79 Å². The number of halogens is 1. The summed E-state index contributed by atoms with van der Waals surface area (Å²) < 4.78 is 6.70. The molecule has 0 aromatic heterocycles. The summed E-state index contributed by atoms with van der Waals surface area (Å²) in [7, 11) is 0. The fourth-order valence-corrected chi connectivity index (χ4v) is 5.10. The Morgan fingerprint density at radius 1 is 0.897 bits per heavy atom. The van der Waals surface area contributed by atoms with Gasteiger partial charge < -0.3 is 4.74 Å². The molecule has 0 spiro atoms. The zero-order valence-electron chi connectivity index (χ0n) is 16.0. The minimum absolute atomic E-state index is 0.323. The summed E-state index contributed by atoms with van der Waals surface area (Å²) in [5.74, 6) is -0.323. The van der Waals surface area contributed by atoms with Crippen molar-refractivity contribution in [1.82, 2.24) is 0 Å². The molecule has 2 nitrogen and oxygen atoms in total. The Morgan fingerprint density at radius 2 is 1.41 bits per heavy atom. The molecule has 0 fully saturated rings.